The van der Waals surface area contributed by atoms with Gasteiger partial charge in [0.15, 0.2) is 0 Å². The molecule has 0 aromatic heterocycles. The third-order valence-corrected chi connectivity index (χ3v) is 4.43. The van der Waals surface area contributed by atoms with Crippen molar-refractivity contribution in [3.05, 3.63) is 107 Å². The Labute approximate surface area is 147 Å². The van der Waals surface area contributed by atoms with Crippen LogP contribution in [0.1, 0.15) is 22.3 Å². The van der Waals surface area contributed by atoms with Gasteiger partial charge in [0.05, 0.1) is 6.42 Å². The fourth-order valence-corrected chi connectivity index (χ4v) is 3.23. The minimum absolute atomic E-state index is 0.230. The molecule has 0 radical (unpaired) electrons. The van der Waals surface area contributed by atoms with Gasteiger partial charge in [0.1, 0.15) is 5.76 Å². The van der Waals surface area contributed by atoms with Crippen LogP contribution in [0, 0.1) is 0 Å². The van der Waals surface area contributed by atoms with Crippen LogP contribution in [0.4, 0.5) is 0 Å². The molecule has 1 aliphatic rings. The van der Waals surface area contributed by atoms with Crippen LogP contribution in [0.15, 0.2) is 84.9 Å². The van der Waals surface area contributed by atoms with Crippen molar-refractivity contribution in [3.63, 3.8) is 0 Å². The monoisotopic (exact) mass is 326 g/mol. The molecule has 0 spiro atoms. The Balaban J connectivity index is 1.66. The lowest BCUT2D eigenvalue weighted by Crippen LogP contribution is -2.07. The zero-order valence-corrected chi connectivity index (χ0v) is 13.8. The maximum atomic E-state index is 12.5. The third-order valence-electron chi connectivity index (χ3n) is 4.43. The summed E-state index contributed by atoms with van der Waals surface area (Å²) in [5, 5.41) is 0. The van der Waals surface area contributed by atoms with E-state index < -0.39 is 0 Å². The Hall–Kier alpha value is -3.13. The van der Waals surface area contributed by atoms with Crippen LogP contribution in [0.2, 0.25) is 0 Å². The molecule has 3 aromatic rings. The minimum atomic E-state index is -0.230. The van der Waals surface area contributed by atoms with Gasteiger partial charge in [-0.25, -0.2) is 0 Å². The van der Waals surface area contributed by atoms with Crippen molar-refractivity contribution in [2.24, 2.45) is 0 Å². The summed E-state index contributed by atoms with van der Waals surface area (Å²) < 4.78 is 5.85. The number of esters is 1. The highest BCUT2D eigenvalue weighted by molar-refractivity contribution is 5.97. The van der Waals surface area contributed by atoms with Crippen molar-refractivity contribution in [3.8, 4) is 0 Å². The molecule has 0 heterocycles. The molecule has 0 amide bonds. The van der Waals surface area contributed by atoms with Crippen LogP contribution in [-0.2, 0) is 22.4 Å². The van der Waals surface area contributed by atoms with Gasteiger partial charge >= 0.3 is 5.97 Å². The Bertz CT molecular complexity index is 925. The number of rotatable bonds is 4. The summed E-state index contributed by atoms with van der Waals surface area (Å²) in [7, 11) is 0. The van der Waals surface area contributed by atoms with Crippen LogP contribution in [0.5, 0.6) is 0 Å². The lowest BCUT2D eigenvalue weighted by Gasteiger charge is -2.10. The maximum Gasteiger partial charge on any atom is 0.315 e. The van der Waals surface area contributed by atoms with Gasteiger partial charge in [0.2, 0.25) is 0 Å². The first-order valence-corrected chi connectivity index (χ1v) is 8.43. The topological polar surface area (TPSA) is 26.3 Å². The quantitative estimate of drug-likeness (QED) is 0.638. The van der Waals surface area contributed by atoms with Gasteiger partial charge in [-0.2, -0.15) is 0 Å². The van der Waals surface area contributed by atoms with E-state index in [1.165, 1.54) is 5.56 Å². The third kappa shape index (κ3) is 3.24. The fourth-order valence-electron chi connectivity index (χ4n) is 3.23. The molecule has 1 aliphatic carbocycles. The molecule has 0 bridgehead atoms. The minimum Gasteiger partial charge on any atom is -0.425 e. The summed E-state index contributed by atoms with van der Waals surface area (Å²) in [6.07, 6.45) is 1.06. The highest BCUT2D eigenvalue weighted by Gasteiger charge is 2.25. The molecule has 0 aliphatic heterocycles. The maximum absolute atomic E-state index is 12.5. The lowest BCUT2D eigenvalue weighted by molar-refractivity contribution is -0.135. The summed E-state index contributed by atoms with van der Waals surface area (Å²) in [6.45, 7) is 0. The van der Waals surface area contributed by atoms with Gasteiger partial charge in [0, 0.05) is 17.6 Å². The van der Waals surface area contributed by atoms with Crippen molar-refractivity contribution in [1.29, 1.82) is 0 Å². The second-order valence-electron chi connectivity index (χ2n) is 6.14. The molecule has 3 aromatic carbocycles. The molecule has 2 heteroatoms. The number of allylic oxidation sites excluding steroid dienone is 1. The SMILES string of the molecule is O=C(Cc1ccccc1)OC1=C(c2ccccc2)Cc2ccccc21. The van der Waals surface area contributed by atoms with Crippen molar-refractivity contribution in [2.75, 3.05) is 0 Å². The van der Waals surface area contributed by atoms with Gasteiger partial charge in [0.25, 0.3) is 0 Å². The van der Waals surface area contributed by atoms with Gasteiger partial charge in [-0.15, -0.1) is 0 Å². The summed E-state index contributed by atoms with van der Waals surface area (Å²) in [6, 6.07) is 27.9. The first-order chi connectivity index (χ1) is 12.3. The van der Waals surface area contributed by atoms with Gasteiger partial charge in [-0.1, -0.05) is 84.9 Å². The zero-order chi connectivity index (χ0) is 17.1. The van der Waals surface area contributed by atoms with Crippen molar-refractivity contribution in [2.45, 2.75) is 12.8 Å². The zero-order valence-electron chi connectivity index (χ0n) is 13.8. The molecule has 25 heavy (non-hydrogen) atoms. The molecule has 0 N–H and O–H groups in total. The molecule has 0 fully saturated rings. The molecule has 0 saturated heterocycles. The highest BCUT2D eigenvalue weighted by Crippen LogP contribution is 2.39. The Kier molecular flexibility index (Phi) is 4.17. The molecule has 0 unspecified atom stereocenters. The van der Waals surface area contributed by atoms with Crippen LogP contribution >= 0.6 is 0 Å². The van der Waals surface area contributed by atoms with Gasteiger partial charge in [-0.05, 0) is 16.7 Å². The summed E-state index contributed by atoms with van der Waals surface area (Å²) in [5.41, 5.74) is 5.34. The van der Waals surface area contributed by atoms with E-state index in [9.17, 15) is 4.79 Å². The van der Waals surface area contributed by atoms with Crippen LogP contribution < -0.4 is 0 Å². The molecular formula is C23H18O2. The van der Waals surface area contributed by atoms with Gasteiger partial charge < -0.3 is 4.74 Å². The predicted octanol–water partition coefficient (Wildman–Crippen LogP) is 4.90. The average molecular weight is 326 g/mol. The molecule has 0 saturated carbocycles. The van der Waals surface area contributed by atoms with E-state index in [4.69, 9.17) is 4.74 Å². The van der Waals surface area contributed by atoms with E-state index >= 15 is 0 Å². The first kappa shape index (κ1) is 15.4. The number of carbonyl (C=O) groups excluding carboxylic acids is 1. The standard InChI is InChI=1S/C23H18O2/c24-22(15-17-9-3-1-4-10-17)25-23-20-14-8-7-13-19(20)16-21(23)18-11-5-2-6-12-18/h1-14H,15-16H2. The summed E-state index contributed by atoms with van der Waals surface area (Å²) in [4.78, 5) is 12.5. The number of fused-ring (bicyclic) bond motifs is 1. The number of hydrogen-bond acceptors (Lipinski definition) is 2. The van der Waals surface area contributed by atoms with Crippen molar-refractivity contribution in [1.82, 2.24) is 0 Å². The fraction of sp³-hybridized carbons (Fsp3) is 0.0870. The van der Waals surface area contributed by atoms with Crippen LogP contribution in [0.3, 0.4) is 0 Å². The second kappa shape index (κ2) is 6.78. The molecular weight excluding hydrogens is 308 g/mol. The normalized spacial score (nSPS) is 12.8. The number of hydrogen-bond donors (Lipinski definition) is 0. The van der Waals surface area contributed by atoms with Gasteiger partial charge in [-0.3, -0.25) is 4.79 Å². The van der Waals surface area contributed by atoms with E-state index in [1.54, 1.807) is 0 Å². The van der Waals surface area contributed by atoms with E-state index in [0.29, 0.717) is 5.76 Å². The Morgan fingerprint density at radius 1 is 0.800 bits per heavy atom. The van der Waals surface area contributed by atoms with E-state index in [0.717, 1.165) is 28.7 Å². The van der Waals surface area contributed by atoms with E-state index in [1.807, 2.05) is 66.7 Å². The summed E-state index contributed by atoms with van der Waals surface area (Å²) in [5.74, 6) is 0.467. The highest BCUT2D eigenvalue weighted by atomic mass is 16.5. The molecule has 122 valence electrons. The van der Waals surface area contributed by atoms with Crippen molar-refractivity contribution >= 4 is 17.3 Å². The van der Waals surface area contributed by atoms with Crippen LogP contribution in [-0.4, -0.2) is 5.97 Å². The number of carbonyl (C=O) groups is 1. The Morgan fingerprint density at radius 3 is 2.20 bits per heavy atom. The number of benzene rings is 3. The summed E-state index contributed by atoms with van der Waals surface area (Å²) >= 11 is 0. The molecule has 2 nitrogen and oxygen atoms in total. The lowest BCUT2D eigenvalue weighted by atomic mass is 10.0. The largest absolute Gasteiger partial charge is 0.425 e. The van der Waals surface area contributed by atoms with E-state index in [2.05, 4.69) is 18.2 Å². The molecule has 0 atom stereocenters. The van der Waals surface area contributed by atoms with E-state index in [-0.39, 0.29) is 12.4 Å². The molecule has 4 rings (SSSR count). The smallest absolute Gasteiger partial charge is 0.315 e. The number of ether oxygens (including phenoxy) is 1. The Morgan fingerprint density at radius 2 is 1.44 bits per heavy atom. The first-order valence-electron chi connectivity index (χ1n) is 8.43. The predicted molar refractivity (Wildman–Crippen MR) is 99.6 cm³/mol. The van der Waals surface area contributed by atoms with Crippen molar-refractivity contribution < 1.29 is 9.53 Å². The average Bonchev–Trinajstić information content (AvgIpc) is 3.02. The van der Waals surface area contributed by atoms with Crippen LogP contribution in [0.25, 0.3) is 11.3 Å². The second-order valence-corrected chi connectivity index (χ2v) is 6.14.